The number of benzene rings is 1. The van der Waals surface area contributed by atoms with Crippen molar-refractivity contribution in [2.24, 2.45) is 0 Å². The lowest BCUT2D eigenvalue weighted by Gasteiger charge is -2.23. The van der Waals surface area contributed by atoms with Crippen LogP contribution in [0.25, 0.3) is 0 Å². The molecule has 1 saturated carbocycles. The zero-order valence-corrected chi connectivity index (χ0v) is 15.1. The molecule has 4 nitrogen and oxygen atoms in total. The fourth-order valence-electron chi connectivity index (χ4n) is 3.20. The van der Waals surface area contributed by atoms with E-state index in [9.17, 15) is 4.79 Å². The average Bonchev–Trinajstić information content (AvgIpc) is 2.63. The molecule has 0 saturated heterocycles. The number of halogens is 1. The van der Waals surface area contributed by atoms with E-state index < -0.39 is 0 Å². The molecule has 1 aromatic carbocycles. The fourth-order valence-corrected chi connectivity index (χ4v) is 3.41. The van der Waals surface area contributed by atoms with Crippen molar-refractivity contribution in [3.63, 3.8) is 0 Å². The zero-order valence-electron chi connectivity index (χ0n) is 14.3. The highest BCUT2D eigenvalue weighted by molar-refractivity contribution is 6.30. The van der Waals surface area contributed by atoms with Gasteiger partial charge in [-0.3, -0.25) is 4.79 Å². The summed E-state index contributed by atoms with van der Waals surface area (Å²) in [5.74, 6) is -0.147. The largest absolute Gasteiger partial charge is 0.381 e. The third kappa shape index (κ3) is 5.46. The number of pyridine rings is 1. The Bertz CT molecular complexity index is 696. The maximum atomic E-state index is 12.2. The van der Waals surface area contributed by atoms with E-state index in [0.29, 0.717) is 23.3 Å². The predicted octanol–water partition coefficient (Wildman–Crippen LogP) is 4.45. The van der Waals surface area contributed by atoms with Crippen molar-refractivity contribution in [2.75, 3.05) is 11.9 Å². The van der Waals surface area contributed by atoms with Crippen molar-refractivity contribution >= 4 is 23.2 Å². The van der Waals surface area contributed by atoms with Crippen molar-refractivity contribution in [2.45, 2.75) is 44.6 Å². The van der Waals surface area contributed by atoms with Gasteiger partial charge in [-0.1, -0.05) is 43.0 Å². The van der Waals surface area contributed by atoms with E-state index in [2.05, 4.69) is 15.6 Å². The highest BCUT2D eigenvalue weighted by Gasteiger charge is 2.13. The Kier molecular flexibility index (Phi) is 6.29. The maximum absolute atomic E-state index is 12.2. The molecule has 0 bridgehead atoms. The molecule has 1 fully saturated rings. The Hall–Kier alpha value is -2.07. The summed E-state index contributed by atoms with van der Waals surface area (Å²) >= 11 is 5.96. The van der Waals surface area contributed by atoms with Crippen LogP contribution in [-0.2, 0) is 6.42 Å². The minimum atomic E-state index is -0.147. The number of hydrogen-bond donors (Lipinski definition) is 2. The Labute approximate surface area is 154 Å². The monoisotopic (exact) mass is 357 g/mol. The van der Waals surface area contributed by atoms with E-state index in [1.165, 1.54) is 32.1 Å². The van der Waals surface area contributed by atoms with Crippen molar-refractivity contribution in [1.82, 2.24) is 10.3 Å². The molecule has 1 aliphatic carbocycles. The van der Waals surface area contributed by atoms with Crippen LogP contribution in [0.1, 0.15) is 48.2 Å². The van der Waals surface area contributed by atoms with E-state index in [1.807, 2.05) is 30.3 Å². The van der Waals surface area contributed by atoms with Gasteiger partial charge in [-0.2, -0.15) is 0 Å². The van der Waals surface area contributed by atoms with Gasteiger partial charge in [0.25, 0.3) is 5.91 Å². The second kappa shape index (κ2) is 8.86. The lowest BCUT2D eigenvalue weighted by molar-refractivity contribution is 0.0949. The molecule has 3 rings (SSSR count). The van der Waals surface area contributed by atoms with Gasteiger partial charge < -0.3 is 10.6 Å². The minimum Gasteiger partial charge on any atom is -0.381 e. The summed E-state index contributed by atoms with van der Waals surface area (Å²) in [5.41, 5.74) is 2.54. The number of carbonyl (C=O) groups is 1. The number of carbonyl (C=O) groups excluding carboxylic acids is 1. The van der Waals surface area contributed by atoms with Crippen LogP contribution in [0.15, 0.2) is 42.6 Å². The quantitative estimate of drug-likeness (QED) is 0.802. The van der Waals surface area contributed by atoms with Gasteiger partial charge in [0.1, 0.15) is 5.69 Å². The van der Waals surface area contributed by atoms with Gasteiger partial charge in [0, 0.05) is 17.6 Å². The Morgan fingerprint density at radius 3 is 2.72 bits per heavy atom. The van der Waals surface area contributed by atoms with Crippen molar-refractivity contribution in [3.8, 4) is 0 Å². The van der Waals surface area contributed by atoms with Crippen LogP contribution >= 0.6 is 11.6 Å². The van der Waals surface area contributed by atoms with Crippen LogP contribution in [0.3, 0.4) is 0 Å². The lowest BCUT2D eigenvalue weighted by atomic mass is 9.95. The van der Waals surface area contributed by atoms with E-state index in [-0.39, 0.29) is 5.91 Å². The van der Waals surface area contributed by atoms with Crippen molar-refractivity contribution in [1.29, 1.82) is 0 Å². The molecule has 0 radical (unpaired) electrons. The normalized spacial score (nSPS) is 14.9. The van der Waals surface area contributed by atoms with Gasteiger partial charge >= 0.3 is 0 Å². The second-order valence-corrected chi connectivity index (χ2v) is 6.98. The zero-order chi connectivity index (χ0) is 17.5. The molecule has 132 valence electrons. The average molecular weight is 358 g/mol. The van der Waals surface area contributed by atoms with E-state index in [1.54, 1.807) is 12.3 Å². The third-order valence-electron chi connectivity index (χ3n) is 4.56. The Balaban J connectivity index is 1.47. The molecule has 2 N–H and O–H groups in total. The molecule has 1 amide bonds. The summed E-state index contributed by atoms with van der Waals surface area (Å²) in [6, 6.07) is 11.9. The number of nitrogens with zero attached hydrogens (tertiary/aromatic N) is 1. The summed E-state index contributed by atoms with van der Waals surface area (Å²) in [6.07, 6.45) is 8.84. The van der Waals surface area contributed by atoms with E-state index in [4.69, 9.17) is 11.6 Å². The topological polar surface area (TPSA) is 54.0 Å². The first kappa shape index (κ1) is 17.7. The van der Waals surface area contributed by atoms with Gasteiger partial charge in [0.05, 0.1) is 11.9 Å². The lowest BCUT2D eigenvalue weighted by Crippen LogP contribution is -2.26. The van der Waals surface area contributed by atoms with Crippen LogP contribution < -0.4 is 10.6 Å². The molecular weight excluding hydrogens is 334 g/mol. The van der Waals surface area contributed by atoms with E-state index in [0.717, 1.165) is 17.7 Å². The van der Waals surface area contributed by atoms with Gasteiger partial charge in [0.2, 0.25) is 0 Å². The van der Waals surface area contributed by atoms with Gasteiger partial charge in [0.15, 0.2) is 0 Å². The predicted molar refractivity (Wildman–Crippen MR) is 102 cm³/mol. The highest BCUT2D eigenvalue weighted by Crippen LogP contribution is 2.21. The first-order valence-electron chi connectivity index (χ1n) is 8.96. The van der Waals surface area contributed by atoms with Gasteiger partial charge in [-0.15, -0.1) is 0 Å². The molecule has 0 unspecified atom stereocenters. The molecular formula is C20H24ClN3O. The number of amides is 1. The van der Waals surface area contributed by atoms with Gasteiger partial charge in [-0.25, -0.2) is 4.98 Å². The summed E-state index contributed by atoms with van der Waals surface area (Å²) in [6.45, 7) is 0.558. The molecule has 0 atom stereocenters. The van der Waals surface area contributed by atoms with Crippen molar-refractivity contribution in [3.05, 3.63) is 58.9 Å². The molecule has 1 aromatic heterocycles. The standard InChI is InChI=1S/C20H24ClN3O/c21-16-6-4-5-15(13-16)11-12-22-20(25)19-10-9-18(14-23-19)24-17-7-2-1-3-8-17/h4-6,9-10,13-14,17,24H,1-3,7-8,11-12H2,(H,22,25). The van der Waals surface area contributed by atoms with Gasteiger partial charge in [-0.05, 0) is 49.1 Å². The molecule has 2 aromatic rings. The number of hydrogen-bond acceptors (Lipinski definition) is 3. The summed E-state index contributed by atoms with van der Waals surface area (Å²) in [5, 5.41) is 7.13. The molecule has 0 spiro atoms. The summed E-state index contributed by atoms with van der Waals surface area (Å²) in [4.78, 5) is 16.5. The molecule has 25 heavy (non-hydrogen) atoms. The van der Waals surface area contributed by atoms with Crippen LogP contribution in [0, 0.1) is 0 Å². The van der Waals surface area contributed by atoms with Crippen LogP contribution in [0.2, 0.25) is 5.02 Å². The first-order valence-corrected chi connectivity index (χ1v) is 9.34. The molecule has 1 aliphatic rings. The maximum Gasteiger partial charge on any atom is 0.269 e. The Morgan fingerprint density at radius 1 is 1.16 bits per heavy atom. The number of anilines is 1. The fraction of sp³-hybridized carbons (Fsp3) is 0.400. The van der Waals surface area contributed by atoms with Crippen molar-refractivity contribution < 1.29 is 4.79 Å². The number of nitrogens with one attached hydrogen (secondary N) is 2. The Morgan fingerprint density at radius 2 is 2.00 bits per heavy atom. The SMILES string of the molecule is O=C(NCCc1cccc(Cl)c1)c1ccc(NC2CCCCC2)cn1. The number of rotatable bonds is 6. The first-order chi connectivity index (χ1) is 12.2. The third-order valence-corrected chi connectivity index (χ3v) is 4.80. The highest BCUT2D eigenvalue weighted by atomic mass is 35.5. The molecule has 0 aliphatic heterocycles. The van der Waals surface area contributed by atoms with Crippen LogP contribution in [0.5, 0.6) is 0 Å². The second-order valence-electron chi connectivity index (χ2n) is 6.55. The molecule has 5 heteroatoms. The van der Waals surface area contributed by atoms with Crippen LogP contribution in [-0.4, -0.2) is 23.5 Å². The summed E-state index contributed by atoms with van der Waals surface area (Å²) < 4.78 is 0. The van der Waals surface area contributed by atoms with E-state index >= 15 is 0 Å². The summed E-state index contributed by atoms with van der Waals surface area (Å²) in [7, 11) is 0. The number of aromatic nitrogens is 1. The smallest absolute Gasteiger partial charge is 0.269 e. The molecule has 1 heterocycles. The minimum absolute atomic E-state index is 0.147. The van der Waals surface area contributed by atoms with Crippen LogP contribution in [0.4, 0.5) is 5.69 Å².